The summed E-state index contributed by atoms with van der Waals surface area (Å²) in [6, 6.07) is 7.44. The van der Waals surface area contributed by atoms with Gasteiger partial charge in [0.1, 0.15) is 5.82 Å². The third kappa shape index (κ3) is 4.25. The van der Waals surface area contributed by atoms with E-state index in [4.69, 9.17) is 17.3 Å². The van der Waals surface area contributed by atoms with Crippen LogP contribution in [0.3, 0.4) is 0 Å². The van der Waals surface area contributed by atoms with Gasteiger partial charge in [-0.05, 0) is 52.8 Å². The first kappa shape index (κ1) is 21.7. The predicted octanol–water partition coefficient (Wildman–Crippen LogP) is 4.66. The summed E-state index contributed by atoms with van der Waals surface area (Å²) in [6.07, 6.45) is 2.14. The minimum absolute atomic E-state index is 0.186. The first-order valence-electron chi connectivity index (χ1n) is 9.27. The highest BCUT2D eigenvalue weighted by molar-refractivity contribution is 14.1. The highest BCUT2D eigenvalue weighted by Gasteiger charge is 2.38. The van der Waals surface area contributed by atoms with Crippen LogP contribution in [0.2, 0.25) is 5.02 Å². The number of nitrogens with one attached hydrogen (secondary N) is 1. The van der Waals surface area contributed by atoms with Crippen LogP contribution in [0, 0.1) is 5.82 Å². The molecule has 0 saturated carbocycles. The quantitative estimate of drug-likeness (QED) is 0.351. The molecule has 4 rings (SSSR count). The van der Waals surface area contributed by atoms with E-state index >= 15 is 4.39 Å². The molecule has 3 heterocycles. The van der Waals surface area contributed by atoms with Crippen molar-refractivity contribution in [3.05, 3.63) is 62.7 Å². The summed E-state index contributed by atoms with van der Waals surface area (Å²) in [5.74, 6) is -0.694. The Balaban J connectivity index is 1.61. The van der Waals surface area contributed by atoms with Crippen LogP contribution >= 0.6 is 45.5 Å². The second-order valence-electron chi connectivity index (χ2n) is 7.11. The molecule has 0 saturated heterocycles. The summed E-state index contributed by atoms with van der Waals surface area (Å²) in [7, 11) is 0. The minimum atomic E-state index is -1.63. The number of nitrogens with zero attached hydrogens (tertiary/aromatic N) is 2. The molecule has 0 aliphatic carbocycles. The van der Waals surface area contributed by atoms with E-state index in [1.165, 1.54) is 18.3 Å². The number of amides is 1. The Hall–Kier alpha value is -1.56. The summed E-state index contributed by atoms with van der Waals surface area (Å²) in [6.45, 7) is 0.582. The van der Waals surface area contributed by atoms with Crippen molar-refractivity contribution in [2.24, 2.45) is 5.73 Å². The Bertz CT molecular complexity index is 1100. The highest BCUT2D eigenvalue weighted by Crippen LogP contribution is 2.50. The molecular weight excluding hydrogens is 545 g/mol. The molecule has 0 spiro atoms. The third-order valence-electron chi connectivity index (χ3n) is 4.97. The van der Waals surface area contributed by atoms with E-state index in [9.17, 15) is 9.18 Å². The maximum atomic E-state index is 15.4. The van der Waals surface area contributed by atoms with Gasteiger partial charge >= 0.3 is 0 Å². The molecule has 0 radical (unpaired) electrons. The van der Waals surface area contributed by atoms with Gasteiger partial charge < -0.3 is 11.1 Å². The summed E-state index contributed by atoms with van der Waals surface area (Å²) in [5, 5.41) is 7.52. The molecule has 1 aliphatic heterocycles. The van der Waals surface area contributed by atoms with Crippen molar-refractivity contribution >= 4 is 51.4 Å². The molecule has 1 aromatic carbocycles. The summed E-state index contributed by atoms with van der Waals surface area (Å²) in [4.78, 5) is 13.7. The van der Waals surface area contributed by atoms with Gasteiger partial charge in [0.15, 0.2) is 3.68 Å². The summed E-state index contributed by atoms with van der Waals surface area (Å²) in [5.41, 5.74) is 7.75. The van der Waals surface area contributed by atoms with Gasteiger partial charge in [0.2, 0.25) is 0 Å². The smallest absolute Gasteiger partial charge is 0.261 e. The standard InChI is InChI=1S/C20H18ClF2IN4OS/c21-15-10-26-28-5-4-20(23,24)18-14(17(15)28)8-16(30-18)19(29)27-13(9-25)7-11-2-1-3-12(22)6-11/h1-3,6,8,10,13H,4-5,7,9,25H2,(H,27,29). The number of aryl methyl sites for hydroxylation is 1. The molecule has 1 amide bonds. The molecular formula is C20H18ClF2IN4OS. The summed E-state index contributed by atoms with van der Waals surface area (Å²) >= 11 is 9.18. The van der Waals surface area contributed by atoms with Gasteiger partial charge in [-0.25, -0.2) is 8.78 Å². The number of fused-ring (bicyclic) bond motifs is 3. The van der Waals surface area contributed by atoms with Crippen molar-refractivity contribution in [1.82, 2.24) is 15.1 Å². The zero-order valence-electron chi connectivity index (χ0n) is 15.7. The maximum absolute atomic E-state index is 15.4. The zero-order valence-corrected chi connectivity index (χ0v) is 19.4. The van der Waals surface area contributed by atoms with Crippen LogP contribution < -0.4 is 11.1 Å². The lowest BCUT2D eigenvalue weighted by atomic mass is 10.1. The van der Waals surface area contributed by atoms with Crippen LogP contribution in [0.4, 0.5) is 8.78 Å². The fraction of sp³-hybridized carbons (Fsp3) is 0.300. The van der Waals surface area contributed by atoms with Crippen LogP contribution in [0.15, 0.2) is 36.5 Å². The lowest BCUT2D eigenvalue weighted by Crippen LogP contribution is -2.41. The zero-order chi connectivity index (χ0) is 21.5. The van der Waals surface area contributed by atoms with E-state index < -0.39 is 3.68 Å². The Labute approximate surface area is 194 Å². The van der Waals surface area contributed by atoms with Crippen molar-refractivity contribution in [3.8, 4) is 11.3 Å². The lowest BCUT2D eigenvalue weighted by molar-refractivity contribution is 0.0942. The van der Waals surface area contributed by atoms with Crippen LogP contribution in [0.5, 0.6) is 0 Å². The number of nitrogens with two attached hydrogens (primary N) is 1. The topological polar surface area (TPSA) is 72.9 Å². The maximum Gasteiger partial charge on any atom is 0.261 e. The SMILES string of the molecule is NCC(Cc1cccc(F)c1)NC(=O)c1cc2c(s1)C(F)(I)CCn1ncc(Cl)c1-2. The monoisotopic (exact) mass is 562 g/mol. The van der Waals surface area contributed by atoms with Crippen LogP contribution in [0.25, 0.3) is 11.3 Å². The average Bonchev–Trinajstić information content (AvgIpc) is 3.27. The van der Waals surface area contributed by atoms with Gasteiger partial charge in [-0.2, -0.15) is 5.10 Å². The molecule has 2 unspecified atom stereocenters. The Kier molecular flexibility index (Phi) is 6.16. The van der Waals surface area contributed by atoms with Crippen molar-refractivity contribution in [2.75, 3.05) is 6.54 Å². The first-order valence-corrected chi connectivity index (χ1v) is 11.5. The van der Waals surface area contributed by atoms with Gasteiger partial charge in [-0.1, -0.05) is 23.7 Å². The van der Waals surface area contributed by atoms with Gasteiger partial charge in [-0.15, -0.1) is 11.3 Å². The van der Waals surface area contributed by atoms with Crippen LogP contribution in [-0.4, -0.2) is 28.3 Å². The molecule has 10 heteroatoms. The van der Waals surface area contributed by atoms with Crippen molar-refractivity contribution in [3.63, 3.8) is 0 Å². The number of thiophene rings is 1. The fourth-order valence-corrected chi connectivity index (χ4v) is 5.68. The Morgan fingerprint density at radius 1 is 1.47 bits per heavy atom. The van der Waals surface area contributed by atoms with Crippen molar-refractivity contribution in [2.45, 2.75) is 29.1 Å². The van der Waals surface area contributed by atoms with Gasteiger partial charge in [0, 0.05) is 31.1 Å². The molecule has 3 N–H and O–H groups in total. The molecule has 2 aromatic heterocycles. The Morgan fingerprint density at radius 2 is 2.27 bits per heavy atom. The molecule has 1 aliphatic rings. The highest BCUT2D eigenvalue weighted by atomic mass is 127. The number of halogens is 4. The Morgan fingerprint density at radius 3 is 3.00 bits per heavy atom. The van der Waals surface area contributed by atoms with E-state index in [0.29, 0.717) is 39.0 Å². The third-order valence-corrected chi connectivity index (χ3v) is 7.96. The van der Waals surface area contributed by atoms with Crippen LogP contribution in [-0.2, 0) is 16.6 Å². The van der Waals surface area contributed by atoms with Gasteiger partial charge in [-0.3, -0.25) is 9.48 Å². The van der Waals surface area contributed by atoms with Crippen molar-refractivity contribution in [1.29, 1.82) is 0 Å². The number of benzene rings is 1. The van der Waals surface area contributed by atoms with E-state index in [2.05, 4.69) is 10.4 Å². The second-order valence-corrected chi connectivity index (χ2v) is 10.3. The van der Waals surface area contributed by atoms with E-state index in [-0.39, 0.29) is 30.7 Å². The second kappa shape index (κ2) is 8.52. The van der Waals surface area contributed by atoms with E-state index in [0.717, 1.165) is 16.9 Å². The number of carbonyl (C=O) groups excluding carboxylic acids is 1. The molecule has 0 fully saturated rings. The number of carbonyl (C=O) groups is 1. The molecule has 5 nitrogen and oxygen atoms in total. The molecule has 158 valence electrons. The van der Waals surface area contributed by atoms with E-state index in [1.54, 1.807) is 45.5 Å². The van der Waals surface area contributed by atoms with E-state index in [1.807, 2.05) is 0 Å². The number of hydrogen-bond acceptors (Lipinski definition) is 4. The predicted molar refractivity (Wildman–Crippen MR) is 122 cm³/mol. The molecule has 3 aromatic rings. The molecule has 0 bridgehead atoms. The largest absolute Gasteiger partial charge is 0.347 e. The van der Waals surface area contributed by atoms with Crippen LogP contribution in [0.1, 0.15) is 26.5 Å². The summed E-state index contributed by atoms with van der Waals surface area (Å²) < 4.78 is 28.8. The normalized spacial score (nSPS) is 19.0. The number of rotatable bonds is 5. The molecule has 30 heavy (non-hydrogen) atoms. The number of alkyl halides is 2. The number of aromatic nitrogens is 2. The van der Waals surface area contributed by atoms with Gasteiger partial charge in [0.25, 0.3) is 5.91 Å². The first-order chi connectivity index (χ1) is 14.3. The lowest BCUT2D eigenvalue weighted by Gasteiger charge is -2.17. The van der Waals surface area contributed by atoms with Crippen molar-refractivity contribution < 1.29 is 13.6 Å². The molecule has 2 atom stereocenters. The minimum Gasteiger partial charge on any atom is -0.347 e. The number of hydrogen-bond donors (Lipinski definition) is 2. The average molecular weight is 563 g/mol. The fourth-order valence-electron chi connectivity index (χ4n) is 3.51. The van der Waals surface area contributed by atoms with Gasteiger partial charge in [0.05, 0.1) is 26.7 Å².